The second-order valence-corrected chi connectivity index (χ2v) is 7.80. The molecule has 10 heteroatoms. The number of nitro groups is 1. The lowest BCUT2D eigenvalue weighted by Gasteiger charge is -2.30. The topological polar surface area (TPSA) is 126 Å². The maximum absolute atomic E-state index is 12.9. The molecule has 3 N–H and O–H groups in total. The Hall–Kier alpha value is -2.82. The number of likely N-dealkylation sites (N-methyl/N-ethyl adjacent to an activating group) is 2. The van der Waals surface area contributed by atoms with Gasteiger partial charge in [-0.1, -0.05) is 24.3 Å². The minimum absolute atomic E-state index is 0.267. The first kappa shape index (κ1) is 19.0. The van der Waals surface area contributed by atoms with Gasteiger partial charge in [-0.3, -0.25) is 30.5 Å². The SMILES string of the molecule is CNC1(NC)C=CC(S(=O)(=O)Nc2cccc3cccnc23)C([N+](=O)[O-])=C1. The molecule has 0 spiro atoms. The molecule has 2 aromatic rings. The maximum atomic E-state index is 12.9. The standard InChI is InChI=1S/C17H19N5O4S/c1-18-17(19-2)9-8-15(14(11-17)22(23)24)27(25,26)21-13-7-3-5-12-6-4-10-20-16(12)13/h3-11,15,18-19,21H,1-2H3. The molecular formula is C17H19N5O4S. The van der Waals surface area contributed by atoms with Crippen LogP contribution < -0.4 is 15.4 Å². The van der Waals surface area contributed by atoms with Gasteiger partial charge in [-0.05, 0) is 32.3 Å². The summed E-state index contributed by atoms with van der Waals surface area (Å²) in [4.78, 5) is 15.1. The number of hydrogen-bond donors (Lipinski definition) is 3. The van der Waals surface area contributed by atoms with E-state index in [1.165, 1.54) is 12.2 Å². The summed E-state index contributed by atoms with van der Waals surface area (Å²) in [6, 6.07) is 8.61. The number of benzene rings is 1. The molecule has 3 rings (SSSR count). The third-order valence-corrected chi connectivity index (χ3v) is 6.03. The molecule has 1 aliphatic rings. The number of para-hydroxylation sites is 1. The molecule has 142 valence electrons. The van der Waals surface area contributed by atoms with Crippen LogP contribution in [0.5, 0.6) is 0 Å². The fourth-order valence-electron chi connectivity index (χ4n) is 2.96. The summed E-state index contributed by atoms with van der Waals surface area (Å²) in [5.74, 6) is 0. The summed E-state index contributed by atoms with van der Waals surface area (Å²) in [6.45, 7) is 0. The normalized spacial score (nSPS) is 18.9. The predicted molar refractivity (Wildman–Crippen MR) is 103 cm³/mol. The van der Waals surface area contributed by atoms with Gasteiger partial charge >= 0.3 is 0 Å². The summed E-state index contributed by atoms with van der Waals surface area (Å²) in [5.41, 5.74) is -0.699. The first-order chi connectivity index (χ1) is 12.8. The lowest BCUT2D eigenvalue weighted by Crippen LogP contribution is -2.53. The number of fused-ring (bicyclic) bond motifs is 1. The Morgan fingerprint density at radius 3 is 2.56 bits per heavy atom. The van der Waals surface area contributed by atoms with Crippen molar-refractivity contribution in [3.8, 4) is 0 Å². The van der Waals surface area contributed by atoms with Crippen molar-refractivity contribution in [3.05, 3.63) is 70.6 Å². The van der Waals surface area contributed by atoms with Crippen molar-refractivity contribution in [2.75, 3.05) is 18.8 Å². The molecule has 1 unspecified atom stereocenters. The van der Waals surface area contributed by atoms with Crippen molar-refractivity contribution in [2.24, 2.45) is 0 Å². The Bertz CT molecular complexity index is 1040. The van der Waals surface area contributed by atoms with Crippen LogP contribution in [0.2, 0.25) is 0 Å². The second kappa shape index (κ2) is 7.06. The molecule has 0 bridgehead atoms. The molecule has 1 aromatic heterocycles. The highest BCUT2D eigenvalue weighted by atomic mass is 32.2. The molecule has 27 heavy (non-hydrogen) atoms. The molecule has 0 saturated heterocycles. The van der Waals surface area contributed by atoms with E-state index in [1.807, 2.05) is 0 Å². The van der Waals surface area contributed by atoms with E-state index < -0.39 is 31.6 Å². The third kappa shape index (κ3) is 3.54. The van der Waals surface area contributed by atoms with Gasteiger partial charge in [0.2, 0.25) is 10.0 Å². The molecule has 1 aromatic carbocycles. The van der Waals surface area contributed by atoms with Crippen LogP contribution in [0.15, 0.2) is 60.5 Å². The lowest BCUT2D eigenvalue weighted by molar-refractivity contribution is -0.426. The molecule has 1 aliphatic carbocycles. The third-order valence-electron chi connectivity index (χ3n) is 4.46. The van der Waals surface area contributed by atoms with Gasteiger partial charge in [0.1, 0.15) is 5.66 Å². The highest BCUT2D eigenvalue weighted by molar-refractivity contribution is 7.93. The van der Waals surface area contributed by atoms with Crippen LogP contribution >= 0.6 is 0 Å². The average molecular weight is 389 g/mol. The number of rotatable bonds is 6. The van der Waals surface area contributed by atoms with E-state index in [-0.39, 0.29) is 5.69 Å². The van der Waals surface area contributed by atoms with Crippen molar-refractivity contribution in [3.63, 3.8) is 0 Å². The van der Waals surface area contributed by atoms with Crippen LogP contribution in [-0.2, 0) is 10.0 Å². The summed E-state index contributed by atoms with van der Waals surface area (Å²) >= 11 is 0. The van der Waals surface area contributed by atoms with E-state index in [4.69, 9.17) is 0 Å². The van der Waals surface area contributed by atoms with Crippen molar-refractivity contribution in [2.45, 2.75) is 10.9 Å². The first-order valence-electron chi connectivity index (χ1n) is 8.11. The van der Waals surface area contributed by atoms with E-state index in [2.05, 4.69) is 20.3 Å². The fourth-order valence-corrected chi connectivity index (χ4v) is 4.32. The predicted octanol–water partition coefficient (Wildman–Crippen LogP) is 1.21. The largest absolute Gasteiger partial charge is 0.296 e. The average Bonchev–Trinajstić information content (AvgIpc) is 2.67. The number of nitrogens with zero attached hydrogens (tertiary/aromatic N) is 2. The highest BCUT2D eigenvalue weighted by Gasteiger charge is 2.41. The minimum Gasteiger partial charge on any atom is -0.296 e. The number of sulfonamides is 1. The molecular weight excluding hydrogens is 370 g/mol. The van der Waals surface area contributed by atoms with Gasteiger partial charge in [0, 0.05) is 17.7 Å². The summed E-state index contributed by atoms with van der Waals surface area (Å²) in [5, 5.41) is 16.6. The maximum Gasteiger partial charge on any atom is 0.269 e. The van der Waals surface area contributed by atoms with Gasteiger partial charge < -0.3 is 0 Å². The van der Waals surface area contributed by atoms with Gasteiger partial charge in [0.05, 0.1) is 16.1 Å². The Labute approximate surface area is 156 Å². The fraction of sp³-hybridized carbons (Fsp3) is 0.235. The molecule has 9 nitrogen and oxygen atoms in total. The van der Waals surface area contributed by atoms with E-state index in [0.29, 0.717) is 5.52 Å². The van der Waals surface area contributed by atoms with Crippen LogP contribution in [0, 0.1) is 10.1 Å². The van der Waals surface area contributed by atoms with E-state index >= 15 is 0 Å². The monoisotopic (exact) mass is 389 g/mol. The Balaban J connectivity index is 2.01. The quantitative estimate of drug-likeness (QED) is 0.293. The molecule has 0 saturated carbocycles. The Morgan fingerprint density at radius 1 is 1.19 bits per heavy atom. The smallest absolute Gasteiger partial charge is 0.269 e. The van der Waals surface area contributed by atoms with Crippen LogP contribution in [-0.4, -0.2) is 43.3 Å². The Morgan fingerprint density at radius 2 is 1.89 bits per heavy atom. The number of pyridine rings is 1. The van der Waals surface area contributed by atoms with E-state index in [9.17, 15) is 18.5 Å². The van der Waals surface area contributed by atoms with Gasteiger partial charge in [-0.25, -0.2) is 8.42 Å². The van der Waals surface area contributed by atoms with Gasteiger partial charge in [-0.15, -0.1) is 0 Å². The first-order valence-corrected chi connectivity index (χ1v) is 9.66. The molecule has 1 heterocycles. The molecule has 1 atom stereocenters. The summed E-state index contributed by atoms with van der Waals surface area (Å²) in [6.07, 6.45) is 5.66. The summed E-state index contributed by atoms with van der Waals surface area (Å²) in [7, 11) is -0.901. The molecule has 0 amide bonds. The molecule has 0 aliphatic heterocycles. The number of nitrogens with one attached hydrogen (secondary N) is 3. The van der Waals surface area contributed by atoms with Crippen molar-refractivity contribution in [1.82, 2.24) is 15.6 Å². The minimum atomic E-state index is -4.13. The zero-order chi connectivity index (χ0) is 19.7. The Kier molecular flexibility index (Phi) is 4.96. The van der Waals surface area contributed by atoms with Crippen LogP contribution in [0.1, 0.15) is 0 Å². The number of anilines is 1. The van der Waals surface area contributed by atoms with Crippen LogP contribution in [0.3, 0.4) is 0 Å². The van der Waals surface area contributed by atoms with E-state index in [0.717, 1.165) is 5.39 Å². The zero-order valence-electron chi connectivity index (χ0n) is 14.7. The van der Waals surface area contributed by atoms with Crippen LogP contribution in [0.25, 0.3) is 10.9 Å². The van der Waals surface area contributed by atoms with Gasteiger partial charge in [-0.2, -0.15) is 0 Å². The van der Waals surface area contributed by atoms with Gasteiger partial charge in [0.25, 0.3) is 5.70 Å². The second-order valence-electron chi connectivity index (χ2n) is 6.00. The van der Waals surface area contributed by atoms with Crippen molar-refractivity contribution in [1.29, 1.82) is 0 Å². The summed E-state index contributed by atoms with van der Waals surface area (Å²) < 4.78 is 28.3. The van der Waals surface area contributed by atoms with E-state index in [1.54, 1.807) is 56.7 Å². The zero-order valence-corrected chi connectivity index (χ0v) is 15.5. The van der Waals surface area contributed by atoms with Crippen LogP contribution in [0.4, 0.5) is 5.69 Å². The molecule has 0 radical (unpaired) electrons. The van der Waals surface area contributed by atoms with Crippen molar-refractivity contribution >= 4 is 26.6 Å². The van der Waals surface area contributed by atoms with Gasteiger partial charge in [0.15, 0.2) is 5.25 Å². The number of aromatic nitrogens is 1. The van der Waals surface area contributed by atoms with Crippen molar-refractivity contribution < 1.29 is 13.3 Å². The lowest BCUT2D eigenvalue weighted by atomic mass is 10.0. The highest BCUT2D eigenvalue weighted by Crippen LogP contribution is 2.28. The number of hydrogen-bond acceptors (Lipinski definition) is 7. The molecule has 0 fully saturated rings.